The number of thiazole rings is 1. The first-order chi connectivity index (χ1) is 7.54. The highest BCUT2D eigenvalue weighted by atomic mass is 32.1. The van der Waals surface area contributed by atoms with Crippen molar-refractivity contribution in [1.29, 1.82) is 0 Å². The van der Waals surface area contributed by atoms with Crippen LogP contribution >= 0.6 is 11.3 Å². The molecular formula is C12H16N2OS. The van der Waals surface area contributed by atoms with Crippen LogP contribution in [-0.4, -0.2) is 12.1 Å². The molecule has 0 spiro atoms. The number of anilines is 1. The Morgan fingerprint density at radius 2 is 2.12 bits per heavy atom. The van der Waals surface area contributed by atoms with Gasteiger partial charge < -0.3 is 10.5 Å². The molecule has 0 saturated heterocycles. The van der Waals surface area contributed by atoms with Crippen LogP contribution in [0.2, 0.25) is 0 Å². The predicted molar refractivity (Wildman–Crippen MR) is 69.4 cm³/mol. The molecule has 2 aromatic rings. The van der Waals surface area contributed by atoms with Crippen LogP contribution in [0, 0.1) is 6.92 Å². The highest BCUT2D eigenvalue weighted by Gasteiger charge is 2.17. The van der Waals surface area contributed by atoms with Gasteiger partial charge in [0.2, 0.25) is 0 Å². The number of nitrogens with zero attached hydrogens (tertiary/aromatic N) is 1. The summed E-state index contributed by atoms with van der Waals surface area (Å²) in [6, 6.07) is 2.06. The lowest BCUT2D eigenvalue weighted by Gasteiger charge is -2.13. The molecule has 0 saturated carbocycles. The Hall–Kier alpha value is -1.29. The van der Waals surface area contributed by atoms with E-state index >= 15 is 0 Å². The van der Waals surface area contributed by atoms with Crippen LogP contribution in [-0.2, 0) is 0 Å². The third-order valence-corrected chi connectivity index (χ3v) is 3.69. The number of nitrogens with two attached hydrogens (primary N) is 1. The standard InChI is InChI=1S/C12H16N2OS/c1-6(2)9-8(15-4)5-7(3)11-10(9)14-12(13)16-11/h5-6H,1-4H3,(H2,13,14). The van der Waals surface area contributed by atoms with Gasteiger partial charge in [-0.05, 0) is 24.5 Å². The zero-order chi connectivity index (χ0) is 11.9. The van der Waals surface area contributed by atoms with Crippen LogP contribution in [0.3, 0.4) is 0 Å². The molecule has 0 unspecified atom stereocenters. The van der Waals surface area contributed by atoms with Gasteiger partial charge in [0.1, 0.15) is 5.75 Å². The van der Waals surface area contributed by atoms with E-state index in [0.717, 1.165) is 16.8 Å². The maximum absolute atomic E-state index is 5.79. The van der Waals surface area contributed by atoms with Gasteiger partial charge in [0.05, 0.1) is 17.3 Å². The Kier molecular flexibility index (Phi) is 2.76. The summed E-state index contributed by atoms with van der Waals surface area (Å²) < 4.78 is 6.60. The highest BCUT2D eigenvalue weighted by Crippen LogP contribution is 2.38. The number of ether oxygens (including phenoxy) is 1. The van der Waals surface area contributed by atoms with Crippen LogP contribution in [0.5, 0.6) is 5.75 Å². The van der Waals surface area contributed by atoms with Crippen molar-refractivity contribution in [1.82, 2.24) is 4.98 Å². The van der Waals surface area contributed by atoms with Crippen molar-refractivity contribution in [3.63, 3.8) is 0 Å². The van der Waals surface area contributed by atoms with E-state index in [1.54, 1.807) is 18.4 Å². The number of benzene rings is 1. The van der Waals surface area contributed by atoms with Crippen molar-refractivity contribution in [2.45, 2.75) is 26.7 Å². The van der Waals surface area contributed by atoms with Gasteiger partial charge in [-0.1, -0.05) is 25.2 Å². The summed E-state index contributed by atoms with van der Waals surface area (Å²) in [4.78, 5) is 4.42. The molecule has 16 heavy (non-hydrogen) atoms. The minimum absolute atomic E-state index is 0.375. The minimum atomic E-state index is 0.375. The summed E-state index contributed by atoms with van der Waals surface area (Å²) in [5, 5.41) is 0.619. The van der Waals surface area contributed by atoms with Gasteiger partial charge in [0.25, 0.3) is 0 Å². The van der Waals surface area contributed by atoms with Crippen LogP contribution in [0.1, 0.15) is 30.9 Å². The van der Waals surface area contributed by atoms with Crippen molar-refractivity contribution in [3.05, 3.63) is 17.2 Å². The average Bonchev–Trinajstić information content (AvgIpc) is 2.58. The Morgan fingerprint density at radius 3 is 2.69 bits per heavy atom. The molecule has 1 heterocycles. The van der Waals surface area contributed by atoms with Crippen molar-refractivity contribution in [2.24, 2.45) is 0 Å². The lowest BCUT2D eigenvalue weighted by Crippen LogP contribution is -1.97. The number of aromatic nitrogens is 1. The number of nitrogen functional groups attached to an aromatic ring is 1. The fraction of sp³-hybridized carbons (Fsp3) is 0.417. The monoisotopic (exact) mass is 236 g/mol. The lowest BCUT2D eigenvalue weighted by atomic mass is 9.99. The number of hydrogen-bond acceptors (Lipinski definition) is 4. The molecule has 4 heteroatoms. The molecule has 3 nitrogen and oxygen atoms in total. The van der Waals surface area contributed by atoms with Crippen LogP contribution < -0.4 is 10.5 Å². The quantitative estimate of drug-likeness (QED) is 0.870. The second kappa shape index (κ2) is 3.94. The van der Waals surface area contributed by atoms with Gasteiger partial charge in [-0.3, -0.25) is 0 Å². The van der Waals surface area contributed by atoms with Crippen molar-refractivity contribution in [2.75, 3.05) is 12.8 Å². The fourth-order valence-electron chi connectivity index (χ4n) is 1.97. The number of rotatable bonds is 2. The molecule has 0 atom stereocenters. The summed E-state index contributed by atoms with van der Waals surface area (Å²) in [7, 11) is 1.70. The largest absolute Gasteiger partial charge is 0.496 e. The number of hydrogen-bond donors (Lipinski definition) is 1. The second-order valence-electron chi connectivity index (χ2n) is 4.19. The van der Waals surface area contributed by atoms with Gasteiger partial charge in [-0.15, -0.1) is 0 Å². The molecule has 0 radical (unpaired) electrons. The highest BCUT2D eigenvalue weighted by molar-refractivity contribution is 7.22. The topological polar surface area (TPSA) is 48.1 Å². The van der Waals surface area contributed by atoms with E-state index in [-0.39, 0.29) is 0 Å². The Labute approximate surface area is 99.3 Å². The Morgan fingerprint density at radius 1 is 1.44 bits per heavy atom. The van der Waals surface area contributed by atoms with E-state index in [1.807, 2.05) is 0 Å². The molecule has 0 fully saturated rings. The molecule has 2 N–H and O–H groups in total. The number of fused-ring (bicyclic) bond motifs is 1. The molecule has 2 rings (SSSR count). The van der Waals surface area contributed by atoms with E-state index in [4.69, 9.17) is 10.5 Å². The van der Waals surface area contributed by atoms with Crippen LogP contribution in [0.4, 0.5) is 5.13 Å². The first-order valence-electron chi connectivity index (χ1n) is 5.28. The van der Waals surface area contributed by atoms with Crippen molar-refractivity contribution < 1.29 is 4.74 Å². The number of aryl methyl sites for hydroxylation is 1. The Balaban J connectivity index is 2.86. The van der Waals surface area contributed by atoms with Crippen molar-refractivity contribution in [3.8, 4) is 5.75 Å². The molecule has 0 bridgehead atoms. The number of methoxy groups -OCH3 is 1. The summed E-state index contributed by atoms with van der Waals surface area (Å²) in [5.41, 5.74) is 9.10. The maximum atomic E-state index is 5.79. The normalized spacial score (nSPS) is 11.3. The van der Waals surface area contributed by atoms with E-state index in [1.165, 1.54) is 10.3 Å². The molecule has 0 aliphatic rings. The first kappa shape index (κ1) is 11.2. The molecular weight excluding hydrogens is 220 g/mol. The third-order valence-electron chi connectivity index (χ3n) is 2.67. The van der Waals surface area contributed by atoms with Crippen molar-refractivity contribution >= 4 is 26.7 Å². The third kappa shape index (κ3) is 1.63. The van der Waals surface area contributed by atoms with Gasteiger partial charge in [-0.2, -0.15) is 0 Å². The smallest absolute Gasteiger partial charge is 0.181 e. The molecule has 0 aliphatic carbocycles. The maximum Gasteiger partial charge on any atom is 0.181 e. The molecule has 1 aromatic heterocycles. The molecule has 1 aromatic carbocycles. The zero-order valence-corrected chi connectivity index (χ0v) is 10.8. The SMILES string of the molecule is COc1cc(C)c2sc(N)nc2c1C(C)C. The van der Waals surface area contributed by atoms with Gasteiger partial charge in [0.15, 0.2) is 5.13 Å². The summed E-state index contributed by atoms with van der Waals surface area (Å²) >= 11 is 1.54. The average molecular weight is 236 g/mol. The predicted octanol–water partition coefficient (Wildman–Crippen LogP) is 3.32. The lowest BCUT2D eigenvalue weighted by molar-refractivity contribution is 0.408. The van der Waals surface area contributed by atoms with Crippen LogP contribution in [0.15, 0.2) is 6.07 Å². The summed E-state index contributed by atoms with van der Waals surface area (Å²) in [5.74, 6) is 1.28. The fourth-order valence-corrected chi connectivity index (χ4v) is 2.79. The molecule has 86 valence electrons. The summed E-state index contributed by atoms with van der Waals surface area (Å²) in [6.07, 6.45) is 0. The van der Waals surface area contributed by atoms with E-state index in [0.29, 0.717) is 11.0 Å². The summed E-state index contributed by atoms with van der Waals surface area (Å²) in [6.45, 7) is 6.34. The zero-order valence-electron chi connectivity index (χ0n) is 10.00. The van der Waals surface area contributed by atoms with Crippen LogP contribution in [0.25, 0.3) is 10.2 Å². The molecule has 0 amide bonds. The molecule has 0 aliphatic heterocycles. The van der Waals surface area contributed by atoms with E-state index in [9.17, 15) is 0 Å². The Bertz CT molecular complexity index is 531. The van der Waals surface area contributed by atoms with E-state index < -0.39 is 0 Å². The van der Waals surface area contributed by atoms with Gasteiger partial charge >= 0.3 is 0 Å². The minimum Gasteiger partial charge on any atom is -0.496 e. The van der Waals surface area contributed by atoms with E-state index in [2.05, 4.69) is 31.8 Å². The first-order valence-corrected chi connectivity index (χ1v) is 6.09. The second-order valence-corrected chi connectivity index (χ2v) is 5.22. The van der Waals surface area contributed by atoms with Gasteiger partial charge in [-0.25, -0.2) is 4.98 Å². The van der Waals surface area contributed by atoms with Gasteiger partial charge in [0, 0.05) is 5.56 Å².